The van der Waals surface area contributed by atoms with E-state index in [1.807, 2.05) is 16.9 Å². The molecule has 0 aliphatic heterocycles. The summed E-state index contributed by atoms with van der Waals surface area (Å²) in [6, 6.07) is 2.49. The Kier molecular flexibility index (Phi) is 3.33. The largest absolute Gasteiger partial charge is 0.338 e. The van der Waals surface area contributed by atoms with E-state index in [-0.39, 0.29) is 12.1 Å². The van der Waals surface area contributed by atoms with Crippen LogP contribution in [0.1, 0.15) is 50.4 Å². The summed E-state index contributed by atoms with van der Waals surface area (Å²) in [7, 11) is 0. The van der Waals surface area contributed by atoms with Crippen molar-refractivity contribution in [2.45, 2.75) is 51.2 Å². The maximum absolute atomic E-state index is 5.24. The lowest BCUT2D eigenvalue weighted by Gasteiger charge is -2.20. The number of hydrogen-bond acceptors (Lipinski definition) is 5. The lowest BCUT2D eigenvalue weighted by molar-refractivity contribution is 0.323. The Labute approximate surface area is 112 Å². The van der Waals surface area contributed by atoms with Gasteiger partial charge < -0.3 is 9.84 Å². The van der Waals surface area contributed by atoms with Crippen LogP contribution in [-0.2, 0) is 6.54 Å². The fraction of sp³-hybridized carbons (Fsp3) is 0.615. The fourth-order valence-electron chi connectivity index (χ4n) is 2.02. The van der Waals surface area contributed by atoms with Crippen molar-refractivity contribution in [1.82, 2.24) is 25.2 Å². The Morgan fingerprint density at radius 1 is 1.47 bits per heavy atom. The molecular formula is C13H19N5O. The van der Waals surface area contributed by atoms with Crippen molar-refractivity contribution in [3.8, 4) is 0 Å². The molecule has 2 unspecified atom stereocenters. The second kappa shape index (κ2) is 5.13. The van der Waals surface area contributed by atoms with Crippen molar-refractivity contribution in [2.24, 2.45) is 0 Å². The molecule has 1 aliphatic rings. The third-order valence-corrected chi connectivity index (χ3v) is 3.67. The Hall–Kier alpha value is -1.69. The van der Waals surface area contributed by atoms with Crippen LogP contribution in [0.5, 0.6) is 0 Å². The van der Waals surface area contributed by atoms with Gasteiger partial charge in [-0.2, -0.15) is 10.1 Å². The van der Waals surface area contributed by atoms with Gasteiger partial charge in [-0.3, -0.25) is 4.68 Å². The maximum atomic E-state index is 5.24. The molecule has 1 fully saturated rings. The first-order valence-electron chi connectivity index (χ1n) is 6.79. The van der Waals surface area contributed by atoms with Gasteiger partial charge in [-0.05, 0) is 32.8 Å². The van der Waals surface area contributed by atoms with Gasteiger partial charge in [0.1, 0.15) is 0 Å². The molecule has 0 spiro atoms. The van der Waals surface area contributed by atoms with Crippen molar-refractivity contribution >= 4 is 0 Å². The number of nitrogens with zero attached hydrogens (tertiary/aromatic N) is 4. The number of rotatable bonds is 6. The van der Waals surface area contributed by atoms with E-state index in [1.165, 1.54) is 12.8 Å². The van der Waals surface area contributed by atoms with E-state index >= 15 is 0 Å². The molecule has 6 nitrogen and oxygen atoms in total. The number of aromatic nitrogens is 4. The van der Waals surface area contributed by atoms with Crippen molar-refractivity contribution in [1.29, 1.82) is 0 Å². The van der Waals surface area contributed by atoms with Gasteiger partial charge in [0.25, 0.3) is 0 Å². The van der Waals surface area contributed by atoms with Crippen LogP contribution in [-0.4, -0.2) is 26.0 Å². The third kappa shape index (κ3) is 2.84. The monoisotopic (exact) mass is 261 g/mol. The van der Waals surface area contributed by atoms with Crippen molar-refractivity contribution in [2.75, 3.05) is 0 Å². The Morgan fingerprint density at radius 2 is 2.32 bits per heavy atom. The topological polar surface area (TPSA) is 68.8 Å². The highest BCUT2D eigenvalue weighted by atomic mass is 16.5. The zero-order valence-electron chi connectivity index (χ0n) is 11.3. The summed E-state index contributed by atoms with van der Waals surface area (Å²) >= 11 is 0. The van der Waals surface area contributed by atoms with E-state index in [9.17, 15) is 0 Å². The van der Waals surface area contributed by atoms with Crippen LogP contribution < -0.4 is 5.32 Å². The van der Waals surface area contributed by atoms with Gasteiger partial charge in [0, 0.05) is 24.4 Å². The van der Waals surface area contributed by atoms with Crippen LogP contribution in [0.15, 0.2) is 23.0 Å². The van der Waals surface area contributed by atoms with Gasteiger partial charge >= 0.3 is 0 Å². The maximum Gasteiger partial charge on any atom is 0.240 e. The van der Waals surface area contributed by atoms with Gasteiger partial charge in [-0.15, -0.1) is 0 Å². The van der Waals surface area contributed by atoms with E-state index in [4.69, 9.17) is 4.52 Å². The molecule has 0 amide bonds. The summed E-state index contributed by atoms with van der Waals surface area (Å²) in [6.07, 6.45) is 6.15. The summed E-state index contributed by atoms with van der Waals surface area (Å²) < 4.78 is 7.19. The molecule has 0 saturated heterocycles. The minimum absolute atomic E-state index is 0.274. The number of nitrogens with one attached hydrogen (secondary N) is 1. The minimum Gasteiger partial charge on any atom is -0.338 e. The third-order valence-electron chi connectivity index (χ3n) is 3.67. The second-order valence-corrected chi connectivity index (χ2v) is 5.22. The lowest BCUT2D eigenvalue weighted by Crippen LogP contribution is -2.33. The minimum atomic E-state index is 0.274. The molecule has 1 saturated carbocycles. The highest BCUT2D eigenvalue weighted by Gasteiger charge is 2.28. The van der Waals surface area contributed by atoms with E-state index in [1.54, 1.807) is 6.20 Å². The predicted octanol–water partition coefficient (Wildman–Crippen LogP) is 1.88. The van der Waals surface area contributed by atoms with Crippen molar-refractivity contribution in [3.05, 3.63) is 30.2 Å². The quantitative estimate of drug-likeness (QED) is 0.860. The molecule has 3 rings (SSSR count). The molecule has 2 aromatic rings. The Balaban J connectivity index is 1.53. The van der Waals surface area contributed by atoms with E-state index in [0.717, 1.165) is 5.82 Å². The smallest absolute Gasteiger partial charge is 0.240 e. The van der Waals surface area contributed by atoms with Crippen LogP contribution in [0.2, 0.25) is 0 Å². The van der Waals surface area contributed by atoms with Crippen molar-refractivity contribution < 1.29 is 4.52 Å². The van der Waals surface area contributed by atoms with Gasteiger partial charge in [0.05, 0.1) is 12.6 Å². The highest BCUT2D eigenvalue weighted by Crippen LogP contribution is 2.38. The molecular weight excluding hydrogens is 242 g/mol. The van der Waals surface area contributed by atoms with E-state index in [2.05, 4.69) is 34.4 Å². The standard InChI is InChI=1S/C13H19N5O/c1-9(10(2)18-7-3-6-15-18)14-8-12-16-13(17-19-12)11-4-5-11/h3,6-7,9-11,14H,4-5,8H2,1-2H3. The molecule has 2 heterocycles. The summed E-state index contributed by atoms with van der Waals surface area (Å²) in [5.74, 6) is 2.07. The highest BCUT2D eigenvalue weighted by molar-refractivity contribution is 5.03. The van der Waals surface area contributed by atoms with Crippen LogP contribution in [0.3, 0.4) is 0 Å². The molecule has 0 radical (unpaired) electrons. The van der Waals surface area contributed by atoms with E-state index in [0.29, 0.717) is 18.4 Å². The summed E-state index contributed by atoms with van der Waals surface area (Å²) in [4.78, 5) is 4.40. The number of hydrogen-bond donors (Lipinski definition) is 1. The van der Waals surface area contributed by atoms with Gasteiger partial charge in [-0.1, -0.05) is 5.16 Å². The molecule has 2 atom stereocenters. The lowest BCUT2D eigenvalue weighted by atomic mass is 10.2. The molecule has 19 heavy (non-hydrogen) atoms. The second-order valence-electron chi connectivity index (χ2n) is 5.22. The summed E-state index contributed by atoms with van der Waals surface area (Å²) in [5.41, 5.74) is 0. The Morgan fingerprint density at radius 3 is 3.00 bits per heavy atom. The summed E-state index contributed by atoms with van der Waals surface area (Å²) in [5, 5.41) is 11.7. The molecule has 0 aromatic carbocycles. The van der Waals surface area contributed by atoms with Crippen LogP contribution >= 0.6 is 0 Å². The SMILES string of the molecule is CC(NCc1nc(C2CC2)no1)C(C)n1cccn1. The Bertz CT molecular complexity index is 517. The molecule has 102 valence electrons. The first-order valence-corrected chi connectivity index (χ1v) is 6.79. The van der Waals surface area contributed by atoms with Crippen LogP contribution in [0.25, 0.3) is 0 Å². The molecule has 1 aliphatic carbocycles. The molecule has 2 aromatic heterocycles. The molecule has 6 heteroatoms. The zero-order chi connectivity index (χ0) is 13.2. The first-order chi connectivity index (χ1) is 9.24. The molecule has 0 bridgehead atoms. The normalized spacial score (nSPS) is 18.4. The fourth-order valence-corrected chi connectivity index (χ4v) is 2.02. The predicted molar refractivity (Wildman–Crippen MR) is 69.5 cm³/mol. The zero-order valence-corrected chi connectivity index (χ0v) is 11.3. The molecule has 1 N–H and O–H groups in total. The van der Waals surface area contributed by atoms with Crippen LogP contribution in [0, 0.1) is 0 Å². The van der Waals surface area contributed by atoms with Gasteiger partial charge in [-0.25, -0.2) is 0 Å². The van der Waals surface area contributed by atoms with Gasteiger partial charge in [0.2, 0.25) is 5.89 Å². The van der Waals surface area contributed by atoms with E-state index < -0.39 is 0 Å². The average Bonchev–Trinajstić information content (AvgIpc) is 2.96. The average molecular weight is 261 g/mol. The van der Waals surface area contributed by atoms with Crippen molar-refractivity contribution in [3.63, 3.8) is 0 Å². The van der Waals surface area contributed by atoms with Crippen LogP contribution in [0.4, 0.5) is 0 Å². The summed E-state index contributed by atoms with van der Waals surface area (Å²) in [6.45, 7) is 4.87. The van der Waals surface area contributed by atoms with Gasteiger partial charge in [0.15, 0.2) is 5.82 Å². The first kappa shape index (κ1) is 12.3.